The van der Waals surface area contributed by atoms with Gasteiger partial charge in [-0.1, -0.05) is 24.3 Å². The number of phenolic OH excluding ortho intramolecular Hbond substituents is 1. The molecule has 2 aromatic carbocycles. The number of benzene rings is 2. The van der Waals surface area contributed by atoms with E-state index in [1.165, 1.54) is 12.1 Å². The number of aromatic amines is 1. The topological polar surface area (TPSA) is 48.9 Å². The molecular formula is C21H15FN2O. The average molecular weight is 330 g/mol. The van der Waals surface area contributed by atoms with Gasteiger partial charge in [0.25, 0.3) is 0 Å². The van der Waals surface area contributed by atoms with Gasteiger partial charge in [0.2, 0.25) is 0 Å². The molecule has 25 heavy (non-hydrogen) atoms. The van der Waals surface area contributed by atoms with Crippen LogP contribution in [0.1, 0.15) is 0 Å². The van der Waals surface area contributed by atoms with E-state index in [-0.39, 0.29) is 11.6 Å². The summed E-state index contributed by atoms with van der Waals surface area (Å²) in [5.41, 5.74) is 5.62. The van der Waals surface area contributed by atoms with E-state index >= 15 is 0 Å². The van der Waals surface area contributed by atoms with Gasteiger partial charge in [-0.05, 0) is 47.5 Å². The number of rotatable bonds is 3. The van der Waals surface area contributed by atoms with Crippen molar-refractivity contribution in [3.05, 3.63) is 85.1 Å². The Hall–Kier alpha value is -3.40. The number of aromatic hydroxyl groups is 1. The molecule has 2 aromatic heterocycles. The number of aromatic nitrogens is 2. The van der Waals surface area contributed by atoms with Crippen molar-refractivity contribution in [1.29, 1.82) is 0 Å². The molecule has 4 rings (SSSR count). The smallest absolute Gasteiger partial charge is 0.123 e. The van der Waals surface area contributed by atoms with Crippen LogP contribution >= 0.6 is 0 Å². The van der Waals surface area contributed by atoms with Crippen LogP contribution in [0, 0.1) is 5.82 Å². The number of halogens is 1. The van der Waals surface area contributed by atoms with Crippen LogP contribution in [-0.2, 0) is 0 Å². The van der Waals surface area contributed by atoms with Gasteiger partial charge in [-0.2, -0.15) is 0 Å². The Kier molecular flexibility index (Phi) is 3.78. The minimum atomic E-state index is -0.266. The quantitative estimate of drug-likeness (QED) is 0.538. The monoisotopic (exact) mass is 330 g/mol. The number of nitrogens with zero attached hydrogens (tertiary/aromatic N) is 1. The summed E-state index contributed by atoms with van der Waals surface area (Å²) in [7, 11) is 0. The number of H-pyrrole nitrogens is 1. The van der Waals surface area contributed by atoms with Crippen molar-refractivity contribution in [3.63, 3.8) is 0 Å². The lowest BCUT2D eigenvalue weighted by molar-refractivity contribution is 0.475. The molecule has 4 aromatic rings. The van der Waals surface area contributed by atoms with Gasteiger partial charge >= 0.3 is 0 Å². The third kappa shape index (κ3) is 2.90. The van der Waals surface area contributed by atoms with Crippen molar-refractivity contribution < 1.29 is 9.50 Å². The molecule has 0 aliphatic carbocycles. The largest absolute Gasteiger partial charge is 0.508 e. The highest BCUT2D eigenvalue weighted by atomic mass is 19.1. The van der Waals surface area contributed by atoms with E-state index in [0.717, 1.165) is 33.5 Å². The van der Waals surface area contributed by atoms with Crippen molar-refractivity contribution >= 4 is 0 Å². The lowest BCUT2D eigenvalue weighted by Crippen LogP contribution is -1.86. The summed E-state index contributed by atoms with van der Waals surface area (Å²) in [6.07, 6.45) is 5.38. The van der Waals surface area contributed by atoms with Gasteiger partial charge < -0.3 is 10.1 Å². The minimum Gasteiger partial charge on any atom is -0.508 e. The maximum absolute atomic E-state index is 13.3. The first-order chi connectivity index (χ1) is 12.2. The molecule has 0 amide bonds. The first kappa shape index (κ1) is 15.1. The number of hydrogen-bond acceptors (Lipinski definition) is 2. The second-order valence-electron chi connectivity index (χ2n) is 5.75. The van der Waals surface area contributed by atoms with E-state index in [9.17, 15) is 9.50 Å². The molecule has 122 valence electrons. The fourth-order valence-corrected chi connectivity index (χ4v) is 2.99. The minimum absolute atomic E-state index is 0.205. The fraction of sp³-hybridized carbons (Fsp3) is 0. The molecule has 0 atom stereocenters. The molecule has 0 spiro atoms. The van der Waals surface area contributed by atoms with E-state index in [2.05, 4.69) is 9.97 Å². The van der Waals surface area contributed by atoms with Crippen LogP contribution < -0.4 is 0 Å². The van der Waals surface area contributed by atoms with Crippen LogP contribution in [0.3, 0.4) is 0 Å². The first-order valence-corrected chi connectivity index (χ1v) is 7.89. The van der Waals surface area contributed by atoms with Crippen molar-refractivity contribution in [1.82, 2.24) is 9.97 Å². The maximum atomic E-state index is 13.3. The van der Waals surface area contributed by atoms with E-state index < -0.39 is 0 Å². The van der Waals surface area contributed by atoms with Crippen LogP contribution in [0.25, 0.3) is 33.5 Å². The summed E-state index contributed by atoms with van der Waals surface area (Å²) in [4.78, 5) is 7.39. The molecule has 2 N–H and O–H groups in total. The molecule has 0 aliphatic rings. The Labute approximate surface area is 144 Å². The molecule has 4 heteroatoms. The van der Waals surface area contributed by atoms with E-state index in [4.69, 9.17) is 0 Å². The zero-order valence-corrected chi connectivity index (χ0v) is 13.3. The predicted octanol–water partition coefficient (Wildman–Crippen LogP) is 5.26. The lowest BCUT2D eigenvalue weighted by atomic mass is 9.95. The Morgan fingerprint density at radius 3 is 2.32 bits per heavy atom. The number of nitrogens with one attached hydrogen (secondary N) is 1. The van der Waals surface area contributed by atoms with Gasteiger partial charge in [0.15, 0.2) is 0 Å². The van der Waals surface area contributed by atoms with Crippen LogP contribution in [0.5, 0.6) is 5.75 Å². The number of pyridine rings is 1. The fourth-order valence-electron chi connectivity index (χ4n) is 2.99. The van der Waals surface area contributed by atoms with Crippen molar-refractivity contribution in [3.8, 4) is 39.3 Å². The highest BCUT2D eigenvalue weighted by Crippen LogP contribution is 2.40. The molecule has 0 unspecified atom stereocenters. The van der Waals surface area contributed by atoms with Gasteiger partial charge in [-0.3, -0.25) is 4.98 Å². The van der Waals surface area contributed by atoms with Crippen molar-refractivity contribution in [2.75, 3.05) is 0 Å². The van der Waals surface area contributed by atoms with Crippen LogP contribution in [0.15, 0.2) is 79.3 Å². The summed E-state index contributed by atoms with van der Waals surface area (Å²) in [5.74, 6) is -0.0611. The third-order valence-electron chi connectivity index (χ3n) is 4.14. The van der Waals surface area contributed by atoms with E-state index in [0.29, 0.717) is 0 Å². The summed E-state index contributed by atoms with van der Waals surface area (Å²) in [6, 6.07) is 17.4. The Morgan fingerprint density at radius 1 is 0.840 bits per heavy atom. The molecule has 0 fully saturated rings. The molecular weight excluding hydrogens is 315 g/mol. The van der Waals surface area contributed by atoms with E-state index in [1.807, 2.05) is 24.4 Å². The molecule has 0 saturated heterocycles. The average Bonchev–Trinajstić information content (AvgIpc) is 3.08. The normalized spacial score (nSPS) is 10.8. The van der Waals surface area contributed by atoms with Gasteiger partial charge in [-0.15, -0.1) is 0 Å². The maximum Gasteiger partial charge on any atom is 0.123 e. The summed E-state index contributed by atoms with van der Waals surface area (Å²) >= 11 is 0. The van der Waals surface area contributed by atoms with Crippen molar-refractivity contribution in [2.24, 2.45) is 0 Å². The van der Waals surface area contributed by atoms with Gasteiger partial charge in [0, 0.05) is 35.3 Å². The zero-order chi connectivity index (χ0) is 17.2. The number of phenols is 1. The summed E-state index contributed by atoms with van der Waals surface area (Å²) < 4.78 is 13.3. The second-order valence-corrected chi connectivity index (χ2v) is 5.75. The highest BCUT2D eigenvalue weighted by molar-refractivity contribution is 5.93. The summed E-state index contributed by atoms with van der Waals surface area (Å²) in [5, 5.41) is 9.82. The van der Waals surface area contributed by atoms with E-state index in [1.54, 1.807) is 42.7 Å². The third-order valence-corrected chi connectivity index (χ3v) is 4.14. The van der Waals surface area contributed by atoms with Gasteiger partial charge in [0.05, 0.1) is 5.69 Å². The number of hydrogen-bond donors (Lipinski definition) is 2. The zero-order valence-electron chi connectivity index (χ0n) is 13.3. The first-order valence-electron chi connectivity index (χ1n) is 7.89. The SMILES string of the molecule is Oc1cccc(-c2[nH]cc(-c3ccc(F)cc3)c2-c2ccncc2)c1. The van der Waals surface area contributed by atoms with Crippen LogP contribution in [0.2, 0.25) is 0 Å². The molecule has 0 bridgehead atoms. The summed E-state index contributed by atoms with van der Waals surface area (Å²) in [6.45, 7) is 0. The second kappa shape index (κ2) is 6.24. The molecule has 3 nitrogen and oxygen atoms in total. The van der Waals surface area contributed by atoms with Gasteiger partial charge in [0.1, 0.15) is 11.6 Å². The van der Waals surface area contributed by atoms with Crippen molar-refractivity contribution in [2.45, 2.75) is 0 Å². The standard InChI is InChI=1S/C21H15FN2O/c22-17-6-4-14(5-7-17)19-13-24-21(16-2-1-3-18(25)12-16)20(19)15-8-10-23-11-9-15/h1-13,24-25H. The van der Waals surface area contributed by atoms with Crippen LogP contribution in [-0.4, -0.2) is 15.1 Å². The molecule has 0 saturated carbocycles. The Bertz CT molecular complexity index is 1010. The lowest BCUT2D eigenvalue weighted by Gasteiger charge is -2.09. The molecule has 0 aliphatic heterocycles. The Morgan fingerprint density at radius 2 is 1.60 bits per heavy atom. The molecule has 2 heterocycles. The predicted molar refractivity (Wildman–Crippen MR) is 96.5 cm³/mol. The Balaban J connectivity index is 1.96. The highest BCUT2D eigenvalue weighted by Gasteiger charge is 2.16. The van der Waals surface area contributed by atoms with Gasteiger partial charge in [-0.25, -0.2) is 4.39 Å². The molecule has 0 radical (unpaired) electrons. The van der Waals surface area contributed by atoms with Crippen LogP contribution in [0.4, 0.5) is 4.39 Å².